The molecule has 3 aromatic rings. The van der Waals surface area contributed by atoms with Crippen molar-refractivity contribution in [2.75, 3.05) is 0 Å². The standard InChI is InChI=1S/C17H15ClFN3/c18-17(22-12-20-11-21-22)16(14-4-2-1-3-5-14)10-13-6-8-15(19)9-7-13/h1-9,11-12,16-17H,10H2. The van der Waals surface area contributed by atoms with Crippen LogP contribution in [-0.2, 0) is 6.42 Å². The summed E-state index contributed by atoms with van der Waals surface area (Å²) in [5, 5.41) is 4.13. The summed E-state index contributed by atoms with van der Waals surface area (Å²) >= 11 is 6.62. The number of alkyl halides is 1. The van der Waals surface area contributed by atoms with E-state index in [-0.39, 0.29) is 17.2 Å². The Labute approximate surface area is 133 Å². The molecule has 0 amide bonds. The number of halogens is 2. The van der Waals surface area contributed by atoms with Gasteiger partial charge in [0, 0.05) is 5.92 Å². The van der Waals surface area contributed by atoms with Crippen LogP contribution < -0.4 is 0 Å². The van der Waals surface area contributed by atoms with Gasteiger partial charge in [-0.3, -0.25) is 0 Å². The molecule has 3 rings (SSSR count). The fourth-order valence-corrected chi connectivity index (χ4v) is 2.81. The van der Waals surface area contributed by atoms with Gasteiger partial charge in [0.2, 0.25) is 0 Å². The first-order chi connectivity index (χ1) is 10.7. The Bertz CT molecular complexity index is 699. The van der Waals surface area contributed by atoms with Crippen molar-refractivity contribution in [1.29, 1.82) is 0 Å². The molecule has 5 heteroatoms. The molecule has 0 bridgehead atoms. The number of aromatic nitrogens is 3. The summed E-state index contributed by atoms with van der Waals surface area (Å²) in [5.74, 6) is -0.228. The van der Waals surface area contributed by atoms with Crippen LogP contribution in [0.2, 0.25) is 0 Å². The van der Waals surface area contributed by atoms with Gasteiger partial charge < -0.3 is 0 Å². The summed E-state index contributed by atoms with van der Waals surface area (Å²) in [6.07, 6.45) is 3.77. The highest BCUT2D eigenvalue weighted by Crippen LogP contribution is 2.34. The molecule has 0 spiro atoms. The third-order valence-electron chi connectivity index (χ3n) is 3.62. The van der Waals surface area contributed by atoms with E-state index in [4.69, 9.17) is 11.6 Å². The largest absolute Gasteiger partial charge is 0.234 e. The van der Waals surface area contributed by atoms with E-state index in [9.17, 15) is 4.39 Å². The molecule has 3 nitrogen and oxygen atoms in total. The highest BCUT2D eigenvalue weighted by molar-refractivity contribution is 6.19. The molecule has 2 unspecified atom stereocenters. The molecule has 0 radical (unpaired) electrons. The summed E-state index contributed by atoms with van der Waals surface area (Å²) in [4.78, 5) is 3.96. The smallest absolute Gasteiger partial charge is 0.137 e. The van der Waals surface area contributed by atoms with Gasteiger partial charge in [-0.15, -0.1) is 0 Å². The van der Waals surface area contributed by atoms with E-state index >= 15 is 0 Å². The maximum absolute atomic E-state index is 13.1. The van der Waals surface area contributed by atoms with Gasteiger partial charge in [-0.2, -0.15) is 5.10 Å². The van der Waals surface area contributed by atoms with Crippen LogP contribution in [0.4, 0.5) is 4.39 Å². The Kier molecular flexibility index (Phi) is 4.49. The van der Waals surface area contributed by atoms with Gasteiger partial charge in [0.15, 0.2) is 0 Å². The first-order valence-electron chi connectivity index (χ1n) is 7.01. The molecule has 22 heavy (non-hydrogen) atoms. The maximum Gasteiger partial charge on any atom is 0.137 e. The number of nitrogens with zero attached hydrogens (tertiary/aromatic N) is 3. The molecule has 0 N–H and O–H groups in total. The minimum Gasteiger partial charge on any atom is -0.234 e. The van der Waals surface area contributed by atoms with Crippen molar-refractivity contribution in [2.24, 2.45) is 0 Å². The number of hydrogen-bond donors (Lipinski definition) is 0. The monoisotopic (exact) mass is 315 g/mol. The van der Waals surface area contributed by atoms with Gasteiger partial charge >= 0.3 is 0 Å². The molecule has 0 aliphatic rings. The minimum absolute atomic E-state index is 0.00929. The Morgan fingerprint density at radius 2 is 1.77 bits per heavy atom. The molecule has 0 saturated heterocycles. The maximum atomic E-state index is 13.1. The van der Waals surface area contributed by atoms with Crippen LogP contribution in [0, 0.1) is 5.82 Å². The highest BCUT2D eigenvalue weighted by atomic mass is 35.5. The average molecular weight is 316 g/mol. The van der Waals surface area contributed by atoms with Crippen LogP contribution in [0.1, 0.15) is 22.5 Å². The number of hydrogen-bond acceptors (Lipinski definition) is 2. The number of benzene rings is 2. The summed E-state index contributed by atoms with van der Waals surface area (Å²) in [5.41, 5.74) is 1.78. The highest BCUT2D eigenvalue weighted by Gasteiger charge is 2.23. The molecule has 1 aromatic heterocycles. The Hall–Kier alpha value is -2.20. The van der Waals surface area contributed by atoms with E-state index in [2.05, 4.69) is 10.1 Å². The van der Waals surface area contributed by atoms with Crippen molar-refractivity contribution in [3.05, 3.63) is 84.2 Å². The van der Waals surface area contributed by atoms with Crippen molar-refractivity contribution in [1.82, 2.24) is 14.8 Å². The Morgan fingerprint density at radius 3 is 2.41 bits per heavy atom. The van der Waals surface area contributed by atoms with Gasteiger partial charge in [-0.05, 0) is 29.7 Å². The zero-order valence-corrected chi connectivity index (χ0v) is 12.6. The minimum atomic E-state index is -0.366. The second-order valence-electron chi connectivity index (χ2n) is 5.10. The average Bonchev–Trinajstić information content (AvgIpc) is 3.09. The molecule has 2 atom stereocenters. The zero-order chi connectivity index (χ0) is 15.4. The quantitative estimate of drug-likeness (QED) is 0.661. The topological polar surface area (TPSA) is 30.7 Å². The SMILES string of the molecule is Fc1ccc(CC(c2ccccc2)C(Cl)n2cncn2)cc1. The summed E-state index contributed by atoms with van der Waals surface area (Å²) < 4.78 is 14.7. The van der Waals surface area contributed by atoms with Crippen LogP contribution >= 0.6 is 11.6 Å². The predicted octanol–water partition coefficient (Wildman–Crippen LogP) is 4.18. The van der Waals surface area contributed by atoms with Crippen LogP contribution in [-0.4, -0.2) is 14.8 Å². The lowest BCUT2D eigenvalue weighted by atomic mass is 9.91. The van der Waals surface area contributed by atoms with Gasteiger partial charge in [0.05, 0.1) is 0 Å². The fourth-order valence-electron chi connectivity index (χ4n) is 2.48. The third-order valence-corrected chi connectivity index (χ3v) is 4.12. The predicted molar refractivity (Wildman–Crippen MR) is 84.2 cm³/mol. The number of rotatable bonds is 5. The van der Waals surface area contributed by atoms with Gasteiger partial charge in [-0.1, -0.05) is 54.1 Å². The molecule has 2 aromatic carbocycles. The summed E-state index contributed by atoms with van der Waals surface area (Å²) in [6, 6.07) is 16.5. The van der Waals surface area contributed by atoms with E-state index in [0.717, 1.165) is 11.1 Å². The van der Waals surface area contributed by atoms with Crippen molar-refractivity contribution >= 4 is 11.6 Å². The second kappa shape index (κ2) is 6.71. The normalized spacial score (nSPS) is 13.7. The summed E-state index contributed by atoms with van der Waals surface area (Å²) in [6.45, 7) is 0. The zero-order valence-electron chi connectivity index (χ0n) is 11.8. The van der Waals surface area contributed by atoms with Gasteiger partial charge in [0.25, 0.3) is 0 Å². The molecule has 0 aliphatic carbocycles. The van der Waals surface area contributed by atoms with Gasteiger partial charge in [-0.25, -0.2) is 14.1 Å². The third kappa shape index (κ3) is 3.34. The van der Waals surface area contributed by atoms with Gasteiger partial charge in [0.1, 0.15) is 24.0 Å². The Balaban J connectivity index is 1.91. The lowest BCUT2D eigenvalue weighted by Crippen LogP contribution is -2.16. The van der Waals surface area contributed by atoms with E-state index in [0.29, 0.717) is 6.42 Å². The fraction of sp³-hybridized carbons (Fsp3) is 0.176. The van der Waals surface area contributed by atoms with Crippen molar-refractivity contribution in [3.8, 4) is 0 Å². The van der Waals surface area contributed by atoms with Crippen LogP contribution in [0.15, 0.2) is 67.3 Å². The molecular formula is C17H15ClFN3. The van der Waals surface area contributed by atoms with E-state index in [1.807, 2.05) is 30.3 Å². The molecule has 112 valence electrons. The van der Waals surface area contributed by atoms with Crippen LogP contribution in [0.5, 0.6) is 0 Å². The molecule has 0 aliphatic heterocycles. The van der Waals surface area contributed by atoms with Crippen molar-refractivity contribution in [2.45, 2.75) is 17.8 Å². The lowest BCUT2D eigenvalue weighted by Gasteiger charge is -2.23. The van der Waals surface area contributed by atoms with Crippen molar-refractivity contribution in [3.63, 3.8) is 0 Å². The van der Waals surface area contributed by atoms with Crippen LogP contribution in [0.25, 0.3) is 0 Å². The van der Waals surface area contributed by atoms with Crippen LogP contribution in [0.3, 0.4) is 0 Å². The lowest BCUT2D eigenvalue weighted by molar-refractivity contribution is 0.487. The second-order valence-corrected chi connectivity index (χ2v) is 5.54. The first-order valence-corrected chi connectivity index (χ1v) is 7.45. The van der Waals surface area contributed by atoms with E-state index < -0.39 is 0 Å². The van der Waals surface area contributed by atoms with Crippen molar-refractivity contribution < 1.29 is 4.39 Å². The van der Waals surface area contributed by atoms with E-state index in [1.54, 1.807) is 23.1 Å². The molecular weight excluding hydrogens is 301 g/mol. The van der Waals surface area contributed by atoms with E-state index in [1.165, 1.54) is 18.5 Å². The molecule has 0 fully saturated rings. The summed E-state index contributed by atoms with van der Waals surface area (Å²) in [7, 11) is 0. The Morgan fingerprint density at radius 1 is 1.05 bits per heavy atom. The molecule has 1 heterocycles. The molecule has 0 saturated carbocycles. The first kappa shape index (κ1) is 14.7.